The summed E-state index contributed by atoms with van der Waals surface area (Å²) in [5.74, 6) is -0.812. The normalized spacial score (nSPS) is 13.5. The van der Waals surface area contributed by atoms with E-state index in [-0.39, 0.29) is 17.9 Å². The summed E-state index contributed by atoms with van der Waals surface area (Å²) in [5, 5.41) is 8.65. The van der Waals surface area contributed by atoms with Crippen molar-refractivity contribution in [2.45, 2.75) is 33.2 Å². The summed E-state index contributed by atoms with van der Waals surface area (Å²) in [7, 11) is 0. The summed E-state index contributed by atoms with van der Waals surface area (Å²) < 4.78 is 0. The predicted molar refractivity (Wildman–Crippen MR) is 64.2 cm³/mol. The third-order valence-corrected chi connectivity index (χ3v) is 2.63. The lowest BCUT2D eigenvalue weighted by Gasteiger charge is -2.27. The SMILES string of the molecule is CC(C)(C)C(N)c1ccc(CC(=O)O)cc1. The molecule has 0 radical (unpaired) electrons. The van der Waals surface area contributed by atoms with Gasteiger partial charge in [-0.25, -0.2) is 0 Å². The zero-order valence-electron chi connectivity index (χ0n) is 10.0. The van der Waals surface area contributed by atoms with Gasteiger partial charge in [-0.05, 0) is 16.5 Å². The molecular weight excluding hydrogens is 202 g/mol. The van der Waals surface area contributed by atoms with Crippen LogP contribution in [0.25, 0.3) is 0 Å². The molecule has 0 aliphatic heterocycles. The molecule has 16 heavy (non-hydrogen) atoms. The number of nitrogens with two attached hydrogens (primary N) is 1. The van der Waals surface area contributed by atoms with Gasteiger partial charge >= 0.3 is 5.97 Å². The van der Waals surface area contributed by atoms with Gasteiger partial charge in [-0.3, -0.25) is 4.79 Å². The first-order chi connectivity index (χ1) is 7.30. The fourth-order valence-electron chi connectivity index (χ4n) is 1.52. The van der Waals surface area contributed by atoms with E-state index in [1.165, 1.54) is 0 Å². The molecule has 3 nitrogen and oxygen atoms in total. The van der Waals surface area contributed by atoms with Gasteiger partial charge in [-0.15, -0.1) is 0 Å². The average molecular weight is 221 g/mol. The smallest absolute Gasteiger partial charge is 0.307 e. The Bertz CT molecular complexity index is 363. The van der Waals surface area contributed by atoms with Gasteiger partial charge in [-0.1, -0.05) is 45.0 Å². The number of rotatable bonds is 3. The molecule has 3 N–H and O–H groups in total. The molecule has 88 valence electrons. The van der Waals surface area contributed by atoms with Crippen LogP contribution in [-0.4, -0.2) is 11.1 Å². The number of carboxylic acid groups (broad SMARTS) is 1. The standard InChI is InChI=1S/C13H19NO2/c1-13(2,3)12(14)10-6-4-9(5-7-10)8-11(15)16/h4-7,12H,8,14H2,1-3H3,(H,15,16). The zero-order chi connectivity index (χ0) is 12.3. The molecule has 1 atom stereocenters. The van der Waals surface area contributed by atoms with Crippen LogP contribution >= 0.6 is 0 Å². The number of benzene rings is 1. The van der Waals surface area contributed by atoms with Gasteiger partial charge < -0.3 is 10.8 Å². The Balaban J connectivity index is 2.83. The molecule has 0 bridgehead atoms. The molecule has 0 aliphatic rings. The Hall–Kier alpha value is -1.35. The Morgan fingerprint density at radius 1 is 1.31 bits per heavy atom. The van der Waals surface area contributed by atoms with E-state index in [0.717, 1.165) is 11.1 Å². The Morgan fingerprint density at radius 2 is 1.81 bits per heavy atom. The number of hydrogen-bond donors (Lipinski definition) is 2. The van der Waals surface area contributed by atoms with Gasteiger partial charge in [-0.2, -0.15) is 0 Å². The lowest BCUT2D eigenvalue weighted by atomic mass is 9.83. The highest BCUT2D eigenvalue weighted by Crippen LogP contribution is 2.30. The molecule has 0 amide bonds. The van der Waals surface area contributed by atoms with Crippen LogP contribution in [0.4, 0.5) is 0 Å². The fraction of sp³-hybridized carbons (Fsp3) is 0.462. The van der Waals surface area contributed by atoms with E-state index in [1.807, 2.05) is 24.3 Å². The van der Waals surface area contributed by atoms with Crippen molar-refractivity contribution < 1.29 is 9.90 Å². The van der Waals surface area contributed by atoms with Crippen LogP contribution < -0.4 is 5.73 Å². The molecule has 0 saturated carbocycles. The quantitative estimate of drug-likeness (QED) is 0.823. The first-order valence-corrected chi connectivity index (χ1v) is 5.37. The molecule has 0 aromatic heterocycles. The average Bonchev–Trinajstić information content (AvgIpc) is 2.15. The summed E-state index contributed by atoms with van der Waals surface area (Å²) in [6, 6.07) is 7.44. The highest BCUT2D eigenvalue weighted by Gasteiger charge is 2.21. The van der Waals surface area contributed by atoms with Crippen LogP contribution in [0, 0.1) is 5.41 Å². The van der Waals surface area contributed by atoms with E-state index < -0.39 is 5.97 Å². The van der Waals surface area contributed by atoms with Crippen LogP contribution in [0.1, 0.15) is 37.9 Å². The molecule has 1 aromatic carbocycles. The van der Waals surface area contributed by atoms with Crippen LogP contribution in [0.5, 0.6) is 0 Å². The van der Waals surface area contributed by atoms with Crippen LogP contribution in [0.15, 0.2) is 24.3 Å². The predicted octanol–water partition coefficient (Wildman–Crippen LogP) is 2.36. The molecule has 1 aromatic rings. The molecular formula is C13H19NO2. The minimum Gasteiger partial charge on any atom is -0.481 e. The lowest BCUT2D eigenvalue weighted by molar-refractivity contribution is -0.136. The number of carboxylic acids is 1. The van der Waals surface area contributed by atoms with Crippen LogP contribution in [0.2, 0.25) is 0 Å². The Morgan fingerprint density at radius 3 is 2.19 bits per heavy atom. The number of aliphatic carboxylic acids is 1. The van der Waals surface area contributed by atoms with Crippen molar-refractivity contribution in [3.05, 3.63) is 35.4 Å². The van der Waals surface area contributed by atoms with E-state index in [9.17, 15) is 4.79 Å². The lowest BCUT2D eigenvalue weighted by Crippen LogP contribution is -2.26. The molecule has 0 saturated heterocycles. The van der Waals surface area contributed by atoms with Crippen molar-refractivity contribution in [1.82, 2.24) is 0 Å². The van der Waals surface area contributed by atoms with Crippen molar-refractivity contribution >= 4 is 5.97 Å². The Kier molecular flexibility index (Phi) is 3.70. The second-order valence-corrected chi connectivity index (χ2v) is 5.16. The summed E-state index contributed by atoms with van der Waals surface area (Å²) in [6.45, 7) is 6.26. The first-order valence-electron chi connectivity index (χ1n) is 5.37. The summed E-state index contributed by atoms with van der Waals surface area (Å²) in [4.78, 5) is 10.5. The largest absolute Gasteiger partial charge is 0.481 e. The second kappa shape index (κ2) is 4.66. The topological polar surface area (TPSA) is 63.3 Å². The van der Waals surface area contributed by atoms with Crippen molar-refractivity contribution in [3.8, 4) is 0 Å². The van der Waals surface area contributed by atoms with Crippen LogP contribution in [0.3, 0.4) is 0 Å². The van der Waals surface area contributed by atoms with E-state index in [2.05, 4.69) is 20.8 Å². The van der Waals surface area contributed by atoms with Gasteiger partial charge in [0.1, 0.15) is 0 Å². The highest BCUT2D eigenvalue weighted by molar-refractivity contribution is 5.70. The van der Waals surface area contributed by atoms with Gasteiger partial charge in [0, 0.05) is 6.04 Å². The molecule has 0 heterocycles. The zero-order valence-corrected chi connectivity index (χ0v) is 10.0. The highest BCUT2D eigenvalue weighted by atomic mass is 16.4. The summed E-state index contributed by atoms with van der Waals surface area (Å²) in [5.41, 5.74) is 7.96. The molecule has 0 aliphatic carbocycles. The third-order valence-electron chi connectivity index (χ3n) is 2.63. The number of carbonyl (C=O) groups is 1. The monoisotopic (exact) mass is 221 g/mol. The maximum atomic E-state index is 10.5. The summed E-state index contributed by atoms with van der Waals surface area (Å²) in [6.07, 6.45) is 0.0606. The molecule has 0 spiro atoms. The molecule has 1 unspecified atom stereocenters. The van der Waals surface area contributed by atoms with E-state index in [0.29, 0.717) is 0 Å². The van der Waals surface area contributed by atoms with E-state index >= 15 is 0 Å². The van der Waals surface area contributed by atoms with Gasteiger partial charge in [0.25, 0.3) is 0 Å². The van der Waals surface area contributed by atoms with Gasteiger partial charge in [0.2, 0.25) is 0 Å². The maximum Gasteiger partial charge on any atom is 0.307 e. The Labute approximate surface area is 96.3 Å². The van der Waals surface area contributed by atoms with Crippen molar-refractivity contribution in [2.75, 3.05) is 0 Å². The van der Waals surface area contributed by atoms with E-state index in [1.54, 1.807) is 0 Å². The molecule has 3 heteroatoms. The maximum absolute atomic E-state index is 10.5. The van der Waals surface area contributed by atoms with Gasteiger partial charge in [0.05, 0.1) is 6.42 Å². The fourth-order valence-corrected chi connectivity index (χ4v) is 1.52. The van der Waals surface area contributed by atoms with Crippen molar-refractivity contribution in [3.63, 3.8) is 0 Å². The number of hydrogen-bond acceptors (Lipinski definition) is 2. The minimum atomic E-state index is -0.812. The minimum absolute atomic E-state index is 0.00825. The third kappa shape index (κ3) is 3.35. The van der Waals surface area contributed by atoms with E-state index in [4.69, 9.17) is 10.8 Å². The van der Waals surface area contributed by atoms with Crippen molar-refractivity contribution in [2.24, 2.45) is 11.1 Å². The van der Waals surface area contributed by atoms with Gasteiger partial charge in [0.15, 0.2) is 0 Å². The van der Waals surface area contributed by atoms with Crippen molar-refractivity contribution in [1.29, 1.82) is 0 Å². The molecule has 0 fully saturated rings. The van der Waals surface area contributed by atoms with Crippen LogP contribution in [-0.2, 0) is 11.2 Å². The molecule has 1 rings (SSSR count). The second-order valence-electron chi connectivity index (χ2n) is 5.16. The first kappa shape index (κ1) is 12.7. The summed E-state index contributed by atoms with van der Waals surface area (Å²) >= 11 is 0.